The maximum Gasteiger partial charge on any atom is 0.227 e. The average Bonchev–Trinajstić information content (AvgIpc) is 3.03. The van der Waals surface area contributed by atoms with E-state index in [1.165, 1.54) is 5.56 Å². The van der Waals surface area contributed by atoms with Crippen molar-refractivity contribution in [1.29, 1.82) is 0 Å². The van der Waals surface area contributed by atoms with Crippen LogP contribution in [0.25, 0.3) is 0 Å². The monoisotopic (exact) mass is 336 g/mol. The molecule has 2 aromatic rings. The molecule has 0 unspecified atom stereocenters. The Labute approximate surface area is 148 Å². The van der Waals surface area contributed by atoms with Crippen molar-refractivity contribution in [1.82, 2.24) is 14.9 Å². The fraction of sp³-hybridized carbons (Fsp3) is 0.450. The maximum absolute atomic E-state index is 12.6. The zero-order chi connectivity index (χ0) is 17.3. The van der Waals surface area contributed by atoms with Gasteiger partial charge in [0.15, 0.2) is 0 Å². The van der Waals surface area contributed by atoms with Crippen LogP contribution in [-0.2, 0) is 11.2 Å². The lowest BCUT2D eigenvalue weighted by Gasteiger charge is -2.45. The van der Waals surface area contributed by atoms with Gasteiger partial charge in [0.2, 0.25) is 11.9 Å². The van der Waals surface area contributed by atoms with Crippen molar-refractivity contribution < 1.29 is 4.79 Å². The molecule has 0 radical (unpaired) electrons. The van der Waals surface area contributed by atoms with Crippen LogP contribution in [0.5, 0.6) is 0 Å². The van der Waals surface area contributed by atoms with Gasteiger partial charge in [-0.05, 0) is 43.2 Å². The summed E-state index contributed by atoms with van der Waals surface area (Å²) in [7, 11) is 0. The average molecular weight is 336 g/mol. The number of aryl methyl sites for hydroxylation is 1. The topological polar surface area (TPSA) is 58.1 Å². The zero-order valence-corrected chi connectivity index (χ0v) is 14.6. The third-order valence-corrected chi connectivity index (χ3v) is 5.52. The summed E-state index contributed by atoms with van der Waals surface area (Å²) in [5.74, 6) is 0.955. The Balaban J connectivity index is 1.28. The van der Waals surface area contributed by atoms with Gasteiger partial charge in [0.1, 0.15) is 0 Å². The highest BCUT2D eigenvalue weighted by Crippen LogP contribution is 2.49. The molecule has 2 aliphatic rings. The van der Waals surface area contributed by atoms with Gasteiger partial charge < -0.3 is 10.2 Å². The van der Waals surface area contributed by atoms with Crippen LogP contribution < -0.4 is 5.32 Å². The summed E-state index contributed by atoms with van der Waals surface area (Å²) < 4.78 is 0. The standard InChI is InChI=1S/C20H24N4O/c1-15-3-5-16(6-4-15)11-18(25)24-10-7-20(14-24)12-17(13-20)23-19-21-8-2-9-22-19/h2-6,8-9,17H,7,10-14H2,1H3,(H,21,22,23). The predicted molar refractivity (Wildman–Crippen MR) is 97.2 cm³/mol. The zero-order valence-electron chi connectivity index (χ0n) is 14.6. The minimum atomic E-state index is 0.253. The number of anilines is 1. The predicted octanol–water partition coefficient (Wildman–Crippen LogP) is 2.82. The number of nitrogens with one attached hydrogen (secondary N) is 1. The van der Waals surface area contributed by atoms with E-state index in [2.05, 4.69) is 51.4 Å². The summed E-state index contributed by atoms with van der Waals surface area (Å²) in [5.41, 5.74) is 2.63. The SMILES string of the molecule is Cc1ccc(CC(=O)N2CCC3(CC(Nc4ncccn4)C3)C2)cc1. The van der Waals surface area contributed by atoms with E-state index in [-0.39, 0.29) is 5.91 Å². The van der Waals surface area contributed by atoms with Gasteiger partial charge in [-0.15, -0.1) is 0 Å². The van der Waals surface area contributed by atoms with Crippen molar-refractivity contribution in [2.24, 2.45) is 5.41 Å². The van der Waals surface area contributed by atoms with Crippen molar-refractivity contribution in [2.45, 2.75) is 38.6 Å². The number of carbonyl (C=O) groups is 1. The van der Waals surface area contributed by atoms with E-state index in [9.17, 15) is 4.79 Å². The van der Waals surface area contributed by atoms with Crippen LogP contribution in [0.4, 0.5) is 5.95 Å². The second-order valence-corrected chi connectivity index (χ2v) is 7.55. The van der Waals surface area contributed by atoms with E-state index >= 15 is 0 Å². The number of rotatable bonds is 4. The molecule has 0 bridgehead atoms. The molecule has 1 saturated heterocycles. The third-order valence-electron chi connectivity index (χ3n) is 5.52. The normalized spacial score (nSPS) is 25.0. The number of likely N-dealkylation sites (tertiary alicyclic amines) is 1. The van der Waals surface area contributed by atoms with E-state index in [0.717, 1.165) is 37.9 Å². The Morgan fingerprint density at radius 2 is 1.96 bits per heavy atom. The van der Waals surface area contributed by atoms with Crippen molar-refractivity contribution in [3.63, 3.8) is 0 Å². The number of benzene rings is 1. The second-order valence-electron chi connectivity index (χ2n) is 7.55. The van der Waals surface area contributed by atoms with Crippen LogP contribution >= 0.6 is 0 Å². The largest absolute Gasteiger partial charge is 0.351 e. The van der Waals surface area contributed by atoms with E-state index in [0.29, 0.717) is 23.8 Å². The molecular formula is C20H24N4O. The molecule has 1 aromatic carbocycles. The second kappa shape index (κ2) is 6.47. The lowest BCUT2D eigenvalue weighted by atomic mass is 9.65. The summed E-state index contributed by atoms with van der Waals surface area (Å²) in [4.78, 5) is 23.1. The first kappa shape index (κ1) is 16.1. The quantitative estimate of drug-likeness (QED) is 0.933. The van der Waals surface area contributed by atoms with Crippen molar-refractivity contribution in [3.8, 4) is 0 Å². The Morgan fingerprint density at radius 3 is 2.68 bits per heavy atom. The number of hydrogen-bond acceptors (Lipinski definition) is 4. The minimum absolute atomic E-state index is 0.253. The molecular weight excluding hydrogens is 312 g/mol. The third kappa shape index (κ3) is 3.50. The number of aromatic nitrogens is 2. The number of hydrogen-bond donors (Lipinski definition) is 1. The minimum Gasteiger partial charge on any atom is -0.351 e. The molecule has 2 heterocycles. The maximum atomic E-state index is 12.6. The molecule has 5 heteroatoms. The summed E-state index contributed by atoms with van der Waals surface area (Å²) >= 11 is 0. The molecule has 1 saturated carbocycles. The summed E-state index contributed by atoms with van der Waals surface area (Å²) in [6, 6.07) is 10.5. The number of amides is 1. The molecule has 1 spiro atoms. The van der Waals surface area contributed by atoms with Crippen LogP contribution in [-0.4, -0.2) is 39.9 Å². The smallest absolute Gasteiger partial charge is 0.227 e. The Hall–Kier alpha value is -2.43. The molecule has 25 heavy (non-hydrogen) atoms. The van der Waals surface area contributed by atoms with Crippen LogP contribution in [0.15, 0.2) is 42.7 Å². The molecule has 4 rings (SSSR count). The lowest BCUT2D eigenvalue weighted by Crippen LogP contribution is -2.47. The first-order valence-corrected chi connectivity index (χ1v) is 8.99. The van der Waals surface area contributed by atoms with Crippen LogP contribution in [0, 0.1) is 12.3 Å². The van der Waals surface area contributed by atoms with Crippen molar-refractivity contribution in [3.05, 3.63) is 53.9 Å². The van der Waals surface area contributed by atoms with E-state index in [4.69, 9.17) is 0 Å². The van der Waals surface area contributed by atoms with Gasteiger partial charge in [-0.25, -0.2) is 9.97 Å². The Morgan fingerprint density at radius 1 is 1.24 bits per heavy atom. The lowest BCUT2D eigenvalue weighted by molar-refractivity contribution is -0.130. The Kier molecular flexibility index (Phi) is 4.15. The molecule has 0 atom stereocenters. The Bertz CT molecular complexity index is 738. The fourth-order valence-electron chi connectivity index (χ4n) is 4.12. The molecule has 1 aliphatic heterocycles. The summed E-state index contributed by atoms with van der Waals surface area (Å²) in [6.07, 6.45) is 7.32. The van der Waals surface area contributed by atoms with Gasteiger partial charge >= 0.3 is 0 Å². The van der Waals surface area contributed by atoms with Crippen LogP contribution in [0.1, 0.15) is 30.4 Å². The fourth-order valence-corrected chi connectivity index (χ4v) is 4.12. The van der Waals surface area contributed by atoms with Gasteiger partial charge in [-0.2, -0.15) is 0 Å². The number of nitrogens with zero attached hydrogens (tertiary/aromatic N) is 3. The van der Waals surface area contributed by atoms with Crippen molar-refractivity contribution >= 4 is 11.9 Å². The van der Waals surface area contributed by atoms with Gasteiger partial charge in [-0.3, -0.25) is 4.79 Å². The molecule has 2 fully saturated rings. The first-order valence-electron chi connectivity index (χ1n) is 8.99. The molecule has 1 amide bonds. The molecule has 130 valence electrons. The van der Waals surface area contributed by atoms with E-state index < -0.39 is 0 Å². The summed E-state index contributed by atoms with van der Waals surface area (Å²) in [5, 5.41) is 3.39. The van der Waals surface area contributed by atoms with Gasteiger partial charge in [0.05, 0.1) is 6.42 Å². The van der Waals surface area contributed by atoms with Crippen molar-refractivity contribution in [2.75, 3.05) is 18.4 Å². The van der Waals surface area contributed by atoms with Gasteiger partial charge in [0.25, 0.3) is 0 Å². The van der Waals surface area contributed by atoms with Crippen LogP contribution in [0.3, 0.4) is 0 Å². The van der Waals surface area contributed by atoms with E-state index in [1.807, 2.05) is 6.07 Å². The molecule has 1 aliphatic carbocycles. The number of carbonyl (C=O) groups excluding carboxylic acids is 1. The first-order chi connectivity index (χ1) is 12.1. The molecule has 1 N–H and O–H groups in total. The highest BCUT2D eigenvalue weighted by Gasteiger charge is 2.49. The molecule has 5 nitrogen and oxygen atoms in total. The van der Waals surface area contributed by atoms with Gasteiger partial charge in [0, 0.05) is 31.5 Å². The highest BCUT2D eigenvalue weighted by atomic mass is 16.2. The van der Waals surface area contributed by atoms with Crippen LogP contribution in [0.2, 0.25) is 0 Å². The van der Waals surface area contributed by atoms with Gasteiger partial charge in [-0.1, -0.05) is 29.8 Å². The summed E-state index contributed by atoms with van der Waals surface area (Å²) in [6.45, 7) is 3.85. The molecule has 1 aromatic heterocycles. The highest BCUT2D eigenvalue weighted by molar-refractivity contribution is 5.79. The van der Waals surface area contributed by atoms with E-state index in [1.54, 1.807) is 12.4 Å².